The highest BCUT2D eigenvalue weighted by Gasteiger charge is 2.36. The van der Waals surface area contributed by atoms with Gasteiger partial charge in [0.25, 0.3) is 0 Å². The average Bonchev–Trinajstić information content (AvgIpc) is 3.05. The Bertz CT molecular complexity index is 930. The molecule has 0 radical (unpaired) electrons. The first-order valence-electron chi connectivity index (χ1n) is 10.3. The van der Waals surface area contributed by atoms with Crippen molar-refractivity contribution >= 4 is 46.4 Å². The van der Waals surface area contributed by atoms with Crippen LogP contribution in [0.15, 0.2) is 22.6 Å². The number of ether oxygens (including phenoxy) is 1. The lowest BCUT2D eigenvalue weighted by Gasteiger charge is -2.34. The Hall–Kier alpha value is -2.45. The molecule has 8 nitrogen and oxygen atoms in total. The van der Waals surface area contributed by atoms with Crippen molar-refractivity contribution in [3.05, 3.63) is 23.2 Å². The molecular formula is C22H31ClN3O5+. The zero-order valence-electron chi connectivity index (χ0n) is 18.8. The highest BCUT2D eigenvalue weighted by molar-refractivity contribution is 6.31. The van der Waals surface area contributed by atoms with Crippen molar-refractivity contribution in [2.75, 3.05) is 26.2 Å². The number of nitrogens with zero attached hydrogens (tertiary/aromatic N) is 2. The van der Waals surface area contributed by atoms with Gasteiger partial charge in [0.05, 0.1) is 32.5 Å². The van der Waals surface area contributed by atoms with E-state index in [4.69, 9.17) is 20.8 Å². The van der Waals surface area contributed by atoms with Gasteiger partial charge in [-0.15, -0.1) is 0 Å². The van der Waals surface area contributed by atoms with Gasteiger partial charge in [-0.2, -0.15) is 4.98 Å². The van der Waals surface area contributed by atoms with Gasteiger partial charge in [0, 0.05) is 5.02 Å². The number of nitrogens with one attached hydrogen (secondary N) is 1. The summed E-state index contributed by atoms with van der Waals surface area (Å²) in [6.45, 7) is 9.81. The van der Waals surface area contributed by atoms with Crippen LogP contribution in [0.5, 0.6) is 0 Å². The van der Waals surface area contributed by atoms with Crippen LogP contribution >= 0.6 is 11.6 Å². The van der Waals surface area contributed by atoms with E-state index in [0.717, 1.165) is 0 Å². The molecule has 1 heterocycles. The predicted octanol–water partition coefficient (Wildman–Crippen LogP) is 4.27. The van der Waals surface area contributed by atoms with Gasteiger partial charge in [-0.25, -0.2) is 9.28 Å². The second-order valence-corrected chi connectivity index (χ2v) is 9.19. The van der Waals surface area contributed by atoms with Gasteiger partial charge in [0.1, 0.15) is 29.2 Å². The fourth-order valence-corrected chi connectivity index (χ4v) is 3.31. The van der Waals surface area contributed by atoms with E-state index >= 15 is 0 Å². The summed E-state index contributed by atoms with van der Waals surface area (Å²) in [6.07, 6.45) is 0.0290. The highest BCUT2D eigenvalue weighted by Crippen LogP contribution is 2.29. The third-order valence-electron chi connectivity index (χ3n) is 4.74. The number of halogens is 1. The molecule has 1 N–H and O–H groups in total. The third-order valence-corrected chi connectivity index (χ3v) is 4.97. The van der Waals surface area contributed by atoms with Gasteiger partial charge in [-0.3, -0.25) is 9.59 Å². The Morgan fingerprint density at radius 2 is 1.71 bits per heavy atom. The summed E-state index contributed by atoms with van der Waals surface area (Å²) in [4.78, 5) is 40.3. The Balaban J connectivity index is 2.34. The highest BCUT2D eigenvalue weighted by atomic mass is 35.5. The van der Waals surface area contributed by atoms with Crippen LogP contribution in [-0.2, 0) is 14.3 Å². The zero-order chi connectivity index (χ0) is 23.2. The van der Waals surface area contributed by atoms with Gasteiger partial charge in [0.2, 0.25) is 0 Å². The normalized spacial score (nSPS) is 12.1. The Morgan fingerprint density at radius 3 is 2.26 bits per heavy atom. The fourth-order valence-electron chi connectivity index (χ4n) is 3.14. The molecule has 9 heteroatoms. The van der Waals surface area contributed by atoms with Crippen molar-refractivity contribution in [1.82, 2.24) is 14.8 Å². The van der Waals surface area contributed by atoms with E-state index in [1.54, 1.807) is 39.0 Å². The van der Waals surface area contributed by atoms with Crippen LogP contribution in [0.1, 0.15) is 47.5 Å². The van der Waals surface area contributed by atoms with E-state index < -0.39 is 11.7 Å². The lowest BCUT2D eigenvalue weighted by molar-refractivity contribution is -0.117. The van der Waals surface area contributed by atoms with Crippen molar-refractivity contribution in [1.29, 1.82) is 0 Å². The van der Waals surface area contributed by atoms with Gasteiger partial charge < -0.3 is 14.5 Å². The molecule has 0 bridgehead atoms. The standard InChI is InChI=1S/C22H30ClN3O5/c1-15(27)8-11-26(12-9-16(2)28,13-10-24-21(29)31-22(3,4)5)20-25-18-14-17(23)6-7-19(18)30-20/h6-7,14H,8-13H2,1-5H3/p+1. The summed E-state index contributed by atoms with van der Waals surface area (Å²) in [6, 6.07) is 5.53. The summed E-state index contributed by atoms with van der Waals surface area (Å²) in [5.41, 5.74) is 0.544. The maximum absolute atomic E-state index is 12.1. The molecule has 2 rings (SSSR count). The quantitative estimate of drug-likeness (QED) is 0.540. The van der Waals surface area contributed by atoms with E-state index in [9.17, 15) is 14.4 Å². The average molecular weight is 453 g/mol. The van der Waals surface area contributed by atoms with E-state index in [0.29, 0.717) is 41.8 Å². The molecule has 0 aliphatic heterocycles. The fraction of sp³-hybridized carbons (Fsp3) is 0.545. The lowest BCUT2D eigenvalue weighted by Crippen LogP contribution is -2.55. The molecule has 0 saturated carbocycles. The van der Waals surface area contributed by atoms with Crippen LogP contribution < -0.4 is 9.80 Å². The predicted molar refractivity (Wildman–Crippen MR) is 120 cm³/mol. The van der Waals surface area contributed by atoms with E-state index in [-0.39, 0.29) is 35.4 Å². The van der Waals surface area contributed by atoms with Gasteiger partial charge >= 0.3 is 12.1 Å². The number of oxazole rings is 1. The minimum atomic E-state index is -0.612. The Labute approximate surface area is 187 Å². The number of carbonyl (C=O) groups is 3. The molecule has 0 aliphatic carbocycles. The molecule has 0 saturated heterocycles. The molecule has 0 atom stereocenters. The van der Waals surface area contributed by atoms with E-state index in [1.165, 1.54) is 13.8 Å². The smallest absolute Gasteiger partial charge is 0.407 e. The SMILES string of the molecule is CC(=O)CC[N+](CCNC(=O)OC(C)(C)C)(CCC(C)=O)c1nc2cc(Cl)ccc2o1. The van der Waals surface area contributed by atoms with Crippen LogP contribution in [0.4, 0.5) is 10.8 Å². The van der Waals surface area contributed by atoms with Gasteiger partial charge in [-0.05, 0) is 52.8 Å². The molecule has 0 aliphatic rings. The maximum Gasteiger partial charge on any atom is 0.407 e. The second-order valence-electron chi connectivity index (χ2n) is 8.76. The molecule has 1 aromatic heterocycles. The summed E-state index contributed by atoms with van der Waals surface area (Å²) >= 11 is 6.08. The molecule has 0 fully saturated rings. The topological polar surface area (TPSA) is 98.5 Å². The van der Waals surface area contributed by atoms with Crippen molar-refractivity contribution in [2.24, 2.45) is 0 Å². The van der Waals surface area contributed by atoms with E-state index in [2.05, 4.69) is 10.3 Å². The number of ketones is 2. The van der Waals surface area contributed by atoms with Crippen LogP contribution in [0.3, 0.4) is 0 Å². The Morgan fingerprint density at radius 1 is 1.10 bits per heavy atom. The van der Waals surface area contributed by atoms with Crippen molar-refractivity contribution < 1.29 is 23.5 Å². The molecule has 31 heavy (non-hydrogen) atoms. The molecule has 0 spiro atoms. The second kappa shape index (κ2) is 10.2. The van der Waals surface area contributed by atoms with Gasteiger partial charge in [0.15, 0.2) is 5.58 Å². The minimum absolute atomic E-state index is 0.0181. The number of alkyl carbamates (subject to hydrolysis) is 1. The number of hydrogen-bond donors (Lipinski definition) is 1. The largest absolute Gasteiger partial charge is 0.444 e. The first kappa shape index (κ1) is 24.8. The summed E-state index contributed by atoms with van der Waals surface area (Å²) in [5.74, 6) is 0.0363. The number of carbonyl (C=O) groups excluding carboxylic acids is 3. The number of rotatable bonds is 10. The van der Waals surface area contributed by atoms with Crippen LogP contribution in [-0.4, -0.2) is 54.4 Å². The number of hydrogen-bond acceptors (Lipinski definition) is 6. The summed E-state index contributed by atoms with van der Waals surface area (Å²) in [7, 11) is 0. The number of fused-ring (bicyclic) bond motifs is 1. The number of aromatic nitrogens is 1. The third kappa shape index (κ3) is 7.63. The first-order valence-corrected chi connectivity index (χ1v) is 10.7. The lowest BCUT2D eigenvalue weighted by atomic mass is 10.2. The number of amides is 1. The minimum Gasteiger partial charge on any atom is -0.444 e. The number of Topliss-reactive ketones (excluding diaryl/α,β-unsaturated/α-hetero) is 2. The van der Waals surface area contributed by atoms with Crippen molar-refractivity contribution in [2.45, 2.75) is 53.1 Å². The molecular weight excluding hydrogens is 422 g/mol. The summed E-state index contributed by atoms with van der Waals surface area (Å²) < 4.78 is 11.5. The molecule has 170 valence electrons. The monoisotopic (exact) mass is 452 g/mol. The van der Waals surface area contributed by atoms with Crippen molar-refractivity contribution in [3.8, 4) is 0 Å². The van der Waals surface area contributed by atoms with Gasteiger partial charge in [-0.1, -0.05) is 11.6 Å². The molecule has 2 aromatic rings. The van der Waals surface area contributed by atoms with Crippen LogP contribution in [0, 0.1) is 0 Å². The van der Waals surface area contributed by atoms with Crippen LogP contribution in [0.25, 0.3) is 11.1 Å². The molecule has 1 amide bonds. The number of benzene rings is 1. The summed E-state index contributed by atoms with van der Waals surface area (Å²) in [5, 5.41) is 3.28. The van der Waals surface area contributed by atoms with E-state index in [1.807, 2.05) is 0 Å². The first-order chi connectivity index (χ1) is 14.4. The van der Waals surface area contributed by atoms with Crippen molar-refractivity contribution in [3.63, 3.8) is 0 Å². The molecule has 0 unspecified atom stereocenters. The number of quaternary nitrogens is 1. The zero-order valence-corrected chi connectivity index (χ0v) is 19.5. The Kier molecular flexibility index (Phi) is 8.20. The molecule has 1 aromatic carbocycles. The maximum atomic E-state index is 12.1. The van der Waals surface area contributed by atoms with Crippen LogP contribution in [0.2, 0.25) is 5.02 Å².